The van der Waals surface area contributed by atoms with Crippen molar-refractivity contribution in [2.24, 2.45) is 5.92 Å². The summed E-state index contributed by atoms with van der Waals surface area (Å²) < 4.78 is 18.9. The van der Waals surface area contributed by atoms with Gasteiger partial charge in [0.25, 0.3) is 0 Å². The Morgan fingerprint density at radius 1 is 1.42 bits per heavy atom. The summed E-state index contributed by atoms with van der Waals surface area (Å²) in [4.78, 5) is 0. The molecule has 0 amide bonds. The summed E-state index contributed by atoms with van der Waals surface area (Å²) in [5.74, 6) is 0.714. The monoisotopic (exact) mass is 266 g/mol. The van der Waals surface area contributed by atoms with Gasteiger partial charge in [-0.25, -0.2) is 4.39 Å². The van der Waals surface area contributed by atoms with Crippen molar-refractivity contribution < 1.29 is 9.13 Å². The van der Waals surface area contributed by atoms with Gasteiger partial charge in [-0.15, -0.1) is 0 Å². The summed E-state index contributed by atoms with van der Waals surface area (Å²) in [6.07, 6.45) is 4.87. The summed E-state index contributed by atoms with van der Waals surface area (Å²) in [5.41, 5.74) is 7.09. The van der Waals surface area contributed by atoms with Gasteiger partial charge in [0.15, 0.2) is 11.6 Å². The fourth-order valence-electron chi connectivity index (χ4n) is 2.26. The number of anilines is 2. The molecule has 2 rings (SSSR count). The van der Waals surface area contributed by atoms with Crippen LogP contribution in [0.1, 0.15) is 39.5 Å². The zero-order valence-corrected chi connectivity index (χ0v) is 11.7. The minimum atomic E-state index is -0.403. The minimum absolute atomic E-state index is 0.264. The molecule has 0 aromatic heterocycles. The standard InChI is InChI=1S/C15H23FN2O/c1-3-11(7-10-5-6-10)18-14-9-15(19-4-2)12(16)8-13(14)17/h8-11,18H,3-7,17H2,1-2H3. The maximum absolute atomic E-state index is 13.6. The zero-order chi connectivity index (χ0) is 13.8. The Kier molecular flexibility index (Phi) is 4.51. The predicted octanol–water partition coefficient (Wildman–Crippen LogP) is 3.80. The van der Waals surface area contributed by atoms with Gasteiger partial charge in [-0.2, -0.15) is 0 Å². The lowest BCUT2D eigenvalue weighted by atomic mass is 10.1. The van der Waals surface area contributed by atoms with Crippen LogP contribution in [-0.2, 0) is 0 Å². The number of benzene rings is 1. The average molecular weight is 266 g/mol. The molecule has 1 fully saturated rings. The number of nitrogens with two attached hydrogens (primary N) is 1. The Balaban J connectivity index is 2.10. The van der Waals surface area contributed by atoms with Gasteiger partial charge in [-0.3, -0.25) is 0 Å². The zero-order valence-electron chi connectivity index (χ0n) is 11.7. The van der Waals surface area contributed by atoms with E-state index in [9.17, 15) is 4.39 Å². The quantitative estimate of drug-likeness (QED) is 0.738. The Labute approximate surface area is 114 Å². The van der Waals surface area contributed by atoms with Crippen molar-refractivity contribution in [3.05, 3.63) is 17.9 Å². The molecule has 4 heteroatoms. The Morgan fingerprint density at radius 3 is 2.74 bits per heavy atom. The average Bonchev–Trinajstić information content (AvgIpc) is 3.18. The van der Waals surface area contributed by atoms with Crippen molar-refractivity contribution in [3.63, 3.8) is 0 Å². The maximum atomic E-state index is 13.6. The number of hydrogen-bond donors (Lipinski definition) is 2. The summed E-state index contributed by atoms with van der Waals surface area (Å²) in [5, 5.41) is 3.42. The van der Waals surface area contributed by atoms with E-state index in [1.807, 2.05) is 6.92 Å². The molecule has 0 saturated heterocycles. The van der Waals surface area contributed by atoms with E-state index in [1.54, 1.807) is 6.07 Å². The van der Waals surface area contributed by atoms with Gasteiger partial charge in [0.05, 0.1) is 18.0 Å². The van der Waals surface area contributed by atoms with Crippen molar-refractivity contribution in [1.82, 2.24) is 0 Å². The van der Waals surface area contributed by atoms with Crippen molar-refractivity contribution in [2.45, 2.75) is 45.6 Å². The van der Waals surface area contributed by atoms with E-state index >= 15 is 0 Å². The highest BCUT2D eigenvalue weighted by Gasteiger charge is 2.25. The molecule has 0 bridgehead atoms. The number of nitrogens with one attached hydrogen (secondary N) is 1. The summed E-state index contributed by atoms with van der Waals surface area (Å²) in [7, 11) is 0. The lowest BCUT2D eigenvalue weighted by Gasteiger charge is -2.20. The topological polar surface area (TPSA) is 47.3 Å². The van der Waals surface area contributed by atoms with Crippen LogP contribution in [0, 0.1) is 11.7 Å². The van der Waals surface area contributed by atoms with Gasteiger partial charge in [0.2, 0.25) is 0 Å². The number of ether oxygens (including phenoxy) is 1. The van der Waals surface area contributed by atoms with Gasteiger partial charge in [-0.1, -0.05) is 19.8 Å². The second kappa shape index (κ2) is 6.13. The molecule has 0 spiro atoms. The SMILES string of the molecule is CCOc1cc(NC(CC)CC2CC2)c(N)cc1F. The summed E-state index contributed by atoms with van der Waals surface area (Å²) in [6.45, 7) is 4.44. The maximum Gasteiger partial charge on any atom is 0.167 e. The highest BCUT2D eigenvalue weighted by atomic mass is 19.1. The Bertz CT molecular complexity index is 432. The largest absolute Gasteiger partial charge is 0.491 e. The van der Waals surface area contributed by atoms with E-state index in [1.165, 1.54) is 18.9 Å². The minimum Gasteiger partial charge on any atom is -0.491 e. The fourth-order valence-corrected chi connectivity index (χ4v) is 2.26. The van der Waals surface area contributed by atoms with Crippen molar-refractivity contribution >= 4 is 11.4 Å². The van der Waals surface area contributed by atoms with Crippen molar-refractivity contribution in [3.8, 4) is 5.75 Å². The Hall–Kier alpha value is -1.45. The molecular formula is C15H23FN2O. The Morgan fingerprint density at radius 2 is 2.16 bits per heavy atom. The number of nitrogen functional groups attached to an aromatic ring is 1. The molecule has 0 aliphatic heterocycles. The van der Waals surface area contributed by atoms with E-state index in [-0.39, 0.29) is 5.75 Å². The number of hydrogen-bond acceptors (Lipinski definition) is 3. The second-order valence-electron chi connectivity index (χ2n) is 5.23. The molecule has 1 unspecified atom stereocenters. The molecule has 1 aliphatic carbocycles. The van der Waals surface area contributed by atoms with Crippen LogP contribution in [0.25, 0.3) is 0 Å². The van der Waals surface area contributed by atoms with Gasteiger partial charge >= 0.3 is 0 Å². The number of rotatable bonds is 7. The molecular weight excluding hydrogens is 243 g/mol. The van der Waals surface area contributed by atoms with Crippen LogP contribution < -0.4 is 15.8 Å². The fraction of sp³-hybridized carbons (Fsp3) is 0.600. The molecule has 1 atom stereocenters. The van der Waals surface area contributed by atoms with Crippen LogP contribution in [0.4, 0.5) is 15.8 Å². The molecule has 1 aromatic rings. The molecule has 19 heavy (non-hydrogen) atoms. The third kappa shape index (κ3) is 3.75. The van der Waals surface area contributed by atoms with Crippen LogP contribution in [0.2, 0.25) is 0 Å². The lowest BCUT2D eigenvalue weighted by molar-refractivity contribution is 0.322. The highest BCUT2D eigenvalue weighted by molar-refractivity contribution is 5.69. The third-order valence-electron chi connectivity index (χ3n) is 3.57. The van der Waals surface area contributed by atoms with Gasteiger partial charge in [0, 0.05) is 18.2 Å². The summed E-state index contributed by atoms with van der Waals surface area (Å²) in [6, 6.07) is 3.40. The van der Waals surface area contributed by atoms with Crippen LogP contribution in [0.3, 0.4) is 0 Å². The van der Waals surface area contributed by atoms with Crippen molar-refractivity contribution in [1.29, 1.82) is 0 Å². The molecule has 106 valence electrons. The smallest absolute Gasteiger partial charge is 0.167 e. The molecule has 1 aliphatic rings. The van der Waals surface area contributed by atoms with E-state index in [2.05, 4.69) is 12.2 Å². The molecule has 1 aromatic carbocycles. The highest BCUT2D eigenvalue weighted by Crippen LogP contribution is 2.36. The van der Waals surface area contributed by atoms with E-state index < -0.39 is 5.82 Å². The molecule has 3 N–H and O–H groups in total. The van der Waals surface area contributed by atoms with Crippen LogP contribution >= 0.6 is 0 Å². The predicted molar refractivity (Wildman–Crippen MR) is 77.0 cm³/mol. The van der Waals surface area contributed by atoms with Crippen LogP contribution in [0.15, 0.2) is 12.1 Å². The normalized spacial score (nSPS) is 16.2. The van der Waals surface area contributed by atoms with E-state index in [0.717, 1.165) is 24.4 Å². The van der Waals surface area contributed by atoms with Gasteiger partial charge < -0.3 is 15.8 Å². The molecule has 3 nitrogen and oxygen atoms in total. The van der Waals surface area contributed by atoms with Gasteiger partial charge in [0.1, 0.15) is 0 Å². The second-order valence-corrected chi connectivity index (χ2v) is 5.23. The molecule has 0 heterocycles. The van der Waals surface area contributed by atoms with E-state index in [4.69, 9.17) is 10.5 Å². The van der Waals surface area contributed by atoms with Crippen molar-refractivity contribution in [2.75, 3.05) is 17.7 Å². The van der Waals surface area contributed by atoms with Crippen LogP contribution in [-0.4, -0.2) is 12.6 Å². The first-order valence-electron chi connectivity index (χ1n) is 7.12. The number of halogens is 1. The first kappa shape index (κ1) is 14.0. The first-order chi connectivity index (χ1) is 9.13. The molecule has 1 saturated carbocycles. The van der Waals surface area contributed by atoms with Gasteiger partial charge in [-0.05, 0) is 25.7 Å². The first-order valence-corrected chi connectivity index (χ1v) is 7.12. The molecule has 0 radical (unpaired) electrons. The lowest BCUT2D eigenvalue weighted by Crippen LogP contribution is -2.20. The van der Waals surface area contributed by atoms with Crippen LogP contribution in [0.5, 0.6) is 5.75 Å². The summed E-state index contributed by atoms with van der Waals surface area (Å²) >= 11 is 0. The van der Waals surface area contributed by atoms with E-state index in [0.29, 0.717) is 18.3 Å². The third-order valence-corrected chi connectivity index (χ3v) is 3.57.